The maximum absolute atomic E-state index is 13.6. The van der Waals surface area contributed by atoms with Crippen LogP contribution in [0.4, 0.5) is 5.69 Å². The number of nitro groups is 1. The minimum atomic E-state index is -0.693. The molecule has 0 radical (unpaired) electrons. The summed E-state index contributed by atoms with van der Waals surface area (Å²) < 4.78 is 5.35. The Morgan fingerprint density at radius 3 is 2.35 bits per heavy atom. The number of hydrogen-bond acceptors (Lipinski definition) is 6. The molecule has 0 aliphatic rings. The smallest absolute Gasteiger partial charge is 0.269 e. The highest BCUT2D eigenvalue weighted by molar-refractivity contribution is 7.99. The van der Waals surface area contributed by atoms with Gasteiger partial charge < -0.3 is 15.0 Å². The molecule has 0 aliphatic carbocycles. The van der Waals surface area contributed by atoms with E-state index in [9.17, 15) is 19.7 Å². The van der Waals surface area contributed by atoms with E-state index in [1.165, 1.54) is 23.9 Å². The van der Waals surface area contributed by atoms with Crippen LogP contribution < -0.4 is 10.1 Å². The van der Waals surface area contributed by atoms with E-state index in [0.29, 0.717) is 24.5 Å². The largest absolute Gasteiger partial charge is 0.497 e. The molecular formula is C28H31N3O5S. The van der Waals surface area contributed by atoms with Crippen LogP contribution in [0.5, 0.6) is 5.75 Å². The molecule has 0 saturated heterocycles. The highest BCUT2D eigenvalue weighted by Crippen LogP contribution is 2.21. The van der Waals surface area contributed by atoms with Crippen molar-refractivity contribution in [3.05, 3.63) is 106 Å². The molecule has 3 rings (SSSR count). The van der Waals surface area contributed by atoms with Crippen LogP contribution in [0.25, 0.3) is 0 Å². The first-order valence-electron chi connectivity index (χ1n) is 12.0. The highest BCUT2D eigenvalue weighted by atomic mass is 32.2. The minimum absolute atomic E-state index is 0.0278. The number of carbonyl (C=O) groups is 2. The Labute approximate surface area is 221 Å². The molecule has 1 unspecified atom stereocenters. The van der Waals surface area contributed by atoms with Gasteiger partial charge >= 0.3 is 0 Å². The van der Waals surface area contributed by atoms with Crippen LogP contribution in [0.1, 0.15) is 23.6 Å². The predicted molar refractivity (Wildman–Crippen MR) is 145 cm³/mol. The van der Waals surface area contributed by atoms with Crippen molar-refractivity contribution in [3.63, 3.8) is 0 Å². The SMILES string of the molecule is CCNC(=O)C(Cc1ccccc1)N(Cc1cccc(OC)c1)C(=O)CSCc1ccc([N+](=O)[O-])cc1. The molecule has 1 N–H and O–H groups in total. The summed E-state index contributed by atoms with van der Waals surface area (Å²) >= 11 is 1.41. The summed E-state index contributed by atoms with van der Waals surface area (Å²) in [5, 5.41) is 13.8. The van der Waals surface area contributed by atoms with Crippen molar-refractivity contribution in [1.29, 1.82) is 0 Å². The predicted octanol–water partition coefficient (Wildman–Crippen LogP) is 4.61. The van der Waals surface area contributed by atoms with Crippen molar-refractivity contribution in [3.8, 4) is 5.75 Å². The van der Waals surface area contributed by atoms with E-state index >= 15 is 0 Å². The van der Waals surface area contributed by atoms with Crippen molar-refractivity contribution in [2.45, 2.75) is 31.7 Å². The molecule has 2 amide bonds. The second-order valence-corrected chi connectivity index (χ2v) is 9.38. The summed E-state index contributed by atoms with van der Waals surface area (Å²) in [4.78, 5) is 38.9. The van der Waals surface area contributed by atoms with Crippen molar-refractivity contribution in [2.24, 2.45) is 0 Å². The number of amides is 2. The fourth-order valence-electron chi connectivity index (χ4n) is 3.87. The van der Waals surface area contributed by atoms with E-state index < -0.39 is 11.0 Å². The quantitative estimate of drug-likeness (QED) is 0.260. The fourth-order valence-corrected chi connectivity index (χ4v) is 4.74. The van der Waals surface area contributed by atoms with E-state index in [2.05, 4.69) is 5.32 Å². The number of benzene rings is 3. The lowest BCUT2D eigenvalue weighted by molar-refractivity contribution is -0.384. The minimum Gasteiger partial charge on any atom is -0.497 e. The molecule has 0 spiro atoms. The van der Waals surface area contributed by atoms with Crippen LogP contribution in [-0.4, -0.2) is 47.1 Å². The third kappa shape index (κ3) is 8.35. The summed E-state index contributed by atoms with van der Waals surface area (Å²) in [7, 11) is 1.59. The molecule has 1 atom stereocenters. The van der Waals surface area contributed by atoms with E-state index in [4.69, 9.17) is 4.74 Å². The van der Waals surface area contributed by atoms with Crippen molar-refractivity contribution in [1.82, 2.24) is 10.2 Å². The zero-order valence-electron chi connectivity index (χ0n) is 21.0. The number of likely N-dealkylation sites (N-methyl/N-ethyl adjacent to an activating group) is 1. The van der Waals surface area contributed by atoms with Crippen LogP contribution in [0.2, 0.25) is 0 Å². The monoisotopic (exact) mass is 521 g/mol. The summed E-state index contributed by atoms with van der Waals surface area (Å²) in [5.41, 5.74) is 2.73. The molecule has 0 bridgehead atoms. The Morgan fingerprint density at radius 2 is 1.70 bits per heavy atom. The van der Waals surface area contributed by atoms with Gasteiger partial charge in [0.05, 0.1) is 17.8 Å². The van der Waals surface area contributed by atoms with Gasteiger partial charge in [-0.25, -0.2) is 0 Å². The van der Waals surface area contributed by atoms with Gasteiger partial charge in [-0.1, -0.05) is 54.6 Å². The second kappa shape index (κ2) is 14.0. The summed E-state index contributed by atoms with van der Waals surface area (Å²) in [5.74, 6) is 0.979. The molecule has 3 aromatic carbocycles. The number of thioether (sulfide) groups is 1. The number of hydrogen-bond donors (Lipinski definition) is 1. The Morgan fingerprint density at radius 1 is 1.00 bits per heavy atom. The molecule has 0 saturated carbocycles. The Bertz CT molecular complexity index is 1190. The van der Waals surface area contributed by atoms with Gasteiger partial charge in [0.15, 0.2) is 0 Å². The average molecular weight is 522 g/mol. The summed E-state index contributed by atoms with van der Waals surface area (Å²) in [6, 6.07) is 22.7. The highest BCUT2D eigenvalue weighted by Gasteiger charge is 2.30. The van der Waals surface area contributed by atoms with Gasteiger partial charge in [0.2, 0.25) is 11.8 Å². The molecule has 0 heterocycles. The lowest BCUT2D eigenvalue weighted by atomic mass is 10.0. The lowest BCUT2D eigenvalue weighted by Gasteiger charge is -2.31. The number of rotatable bonds is 13. The molecule has 0 aliphatic heterocycles. The standard InChI is InChI=1S/C28H31N3O5S/c1-3-29-28(33)26(17-21-8-5-4-6-9-21)30(18-23-10-7-11-25(16-23)36-2)27(32)20-37-19-22-12-14-24(15-13-22)31(34)35/h4-16,26H,3,17-20H2,1-2H3,(H,29,33). The van der Waals surface area contributed by atoms with E-state index in [-0.39, 0.29) is 29.8 Å². The third-order valence-corrected chi connectivity index (χ3v) is 6.74. The van der Waals surface area contributed by atoms with Crippen LogP contribution in [0, 0.1) is 10.1 Å². The molecule has 0 aromatic heterocycles. The van der Waals surface area contributed by atoms with Crippen LogP contribution in [0.3, 0.4) is 0 Å². The molecule has 3 aromatic rings. The Kier molecular flexibility index (Phi) is 10.5. The Hall–Kier alpha value is -3.85. The zero-order valence-corrected chi connectivity index (χ0v) is 21.8. The first-order chi connectivity index (χ1) is 17.9. The van der Waals surface area contributed by atoms with Crippen molar-refractivity contribution < 1.29 is 19.2 Å². The second-order valence-electron chi connectivity index (χ2n) is 8.39. The molecule has 8 nitrogen and oxygen atoms in total. The molecular weight excluding hydrogens is 490 g/mol. The Balaban J connectivity index is 1.81. The molecule has 37 heavy (non-hydrogen) atoms. The maximum Gasteiger partial charge on any atom is 0.269 e. The van der Waals surface area contributed by atoms with Crippen LogP contribution in [0.15, 0.2) is 78.9 Å². The van der Waals surface area contributed by atoms with Gasteiger partial charge in [-0.05, 0) is 35.7 Å². The topological polar surface area (TPSA) is 102 Å². The fraction of sp³-hybridized carbons (Fsp3) is 0.286. The first-order valence-corrected chi connectivity index (χ1v) is 13.1. The number of nitrogens with one attached hydrogen (secondary N) is 1. The van der Waals surface area contributed by atoms with E-state index in [0.717, 1.165) is 16.7 Å². The van der Waals surface area contributed by atoms with Crippen LogP contribution in [-0.2, 0) is 28.3 Å². The molecule has 0 fully saturated rings. The lowest BCUT2D eigenvalue weighted by Crippen LogP contribution is -2.51. The van der Waals surface area contributed by atoms with Crippen molar-refractivity contribution in [2.75, 3.05) is 19.4 Å². The van der Waals surface area contributed by atoms with Gasteiger partial charge in [0.1, 0.15) is 11.8 Å². The van der Waals surface area contributed by atoms with E-state index in [1.54, 1.807) is 24.1 Å². The van der Waals surface area contributed by atoms with Crippen LogP contribution >= 0.6 is 11.8 Å². The number of methoxy groups -OCH3 is 1. The molecule has 194 valence electrons. The number of ether oxygens (including phenoxy) is 1. The number of non-ortho nitro benzene ring substituents is 1. The zero-order chi connectivity index (χ0) is 26.6. The normalized spacial score (nSPS) is 11.4. The van der Waals surface area contributed by atoms with E-state index in [1.807, 2.05) is 61.5 Å². The van der Waals surface area contributed by atoms with Gasteiger partial charge in [0, 0.05) is 37.4 Å². The van der Waals surface area contributed by atoms with Gasteiger partial charge in [-0.3, -0.25) is 19.7 Å². The molecule has 9 heteroatoms. The summed E-state index contributed by atoms with van der Waals surface area (Å²) in [6.07, 6.45) is 0.384. The van der Waals surface area contributed by atoms with Crippen molar-refractivity contribution >= 4 is 29.3 Å². The number of carbonyl (C=O) groups excluding carboxylic acids is 2. The van der Waals surface area contributed by atoms with Gasteiger partial charge in [-0.2, -0.15) is 0 Å². The maximum atomic E-state index is 13.6. The number of nitro benzene ring substituents is 1. The van der Waals surface area contributed by atoms with Gasteiger partial charge in [-0.15, -0.1) is 11.8 Å². The summed E-state index contributed by atoms with van der Waals surface area (Å²) in [6.45, 7) is 2.56. The third-order valence-electron chi connectivity index (χ3n) is 5.75. The number of nitrogens with zero attached hydrogens (tertiary/aromatic N) is 2. The van der Waals surface area contributed by atoms with Gasteiger partial charge in [0.25, 0.3) is 5.69 Å². The first kappa shape index (κ1) is 27.7. The average Bonchev–Trinajstić information content (AvgIpc) is 2.91.